The van der Waals surface area contributed by atoms with Gasteiger partial charge in [0.25, 0.3) is 0 Å². The van der Waals surface area contributed by atoms with Gasteiger partial charge in [-0.3, -0.25) is 9.59 Å². The predicted molar refractivity (Wildman–Crippen MR) is 88.8 cm³/mol. The van der Waals surface area contributed by atoms with E-state index in [2.05, 4.69) is 5.32 Å². The summed E-state index contributed by atoms with van der Waals surface area (Å²) >= 11 is 0. The second kappa shape index (κ2) is 7.88. The first-order chi connectivity index (χ1) is 11.5. The van der Waals surface area contributed by atoms with E-state index in [1.165, 1.54) is 36.1 Å². The maximum absolute atomic E-state index is 13.0. The van der Waals surface area contributed by atoms with Crippen LogP contribution in [0.15, 0.2) is 48.5 Å². The minimum Gasteiger partial charge on any atom is -0.325 e. The summed E-state index contributed by atoms with van der Waals surface area (Å²) in [6.07, 6.45) is 0.0523. The fourth-order valence-electron chi connectivity index (χ4n) is 2.21. The van der Waals surface area contributed by atoms with Gasteiger partial charge >= 0.3 is 0 Å². The lowest BCUT2D eigenvalue weighted by atomic mass is 10.2. The highest BCUT2D eigenvalue weighted by Crippen LogP contribution is 2.17. The summed E-state index contributed by atoms with van der Waals surface area (Å²) in [6.45, 7) is 1.54. The topological polar surface area (TPSA) is 73.2 Å². The number of halogens is 1. The molecule has 6 heteroatoms. The van der Waals surface area contributed by atoms with Crippen molar-refractivity contribution in [2.75, 3.05) is 16.8 Å². The fourth-order valence-corrected chi connectivity index (χ4v) is 2.21. The summed E-state index contributed by atoms with van der Waals surface area (Å²) in [5.74, 6) is -0.953. The van der Waals surface area contributed by atoms with E-state index in [9.17, 15) is 14.0 Å². The van der Waals surface area contributed by atoms with Crippen molar-refractivity contribution in [1.82, 2.24) is 0 Å². The fraction of sp³-hybridized carbons (Fsp3) is 0.167. The SMILES string of the molecule is CC(=O)N(CCC(=O)Nc1ccccc1C#N)c1ccc(F)cc1. The second-order valence-corrected chi connectivity index (χ2v) is 5.10. The van der Waals surface area contributed by atoms with Crippen LogP contribution in [0.3, 0.4) is 0 Å². The van der Waals surface area contributed by atoms with Gasteiger partial charge in [-0.15, -0.1) is 0 Å². The molecule has 0 aliphatic heterocycles. The molecule has 5 nitrogen and oxygen atoms in total. The smallest absolute Gasteiger partial charge is 0.226 e. The van der Waals surface area contributed by atoms with E-state index in [0.717, 1.165) is 0 Å². The summed E-state index contributed by atoms with van der Waals surface area (Å²) in [5, 5.41) is 11.7. The first kappa shape index (κ1) is 17.2. The van der Waals surface area contributed by atoms with Crippen molar-refractivity contribution < 1.29 is 14.0 Å². The van der Waals surface area contributed by atoms with Gasteiger partial charge in [-0.25, -0.2) is 4.39 Å². The van der Waals surface area contributed by atoms with Crippen LogP contribution >= 0.6 is 0 Å². The van der Waals surface area contributed by atoms with Crippen molar-refractivity contribution in [3.05, 3.63) is 59.9 Å². The van der Waals surface area contributed by atoms with Gasteiger partial charge in [-0.2, -0.15) is 5.26 Å². The zero-order valence-corrected chi connectivity index (χ0v) is 13.1. The molecule has 0 fully saturated rings. The lowest BCUT2D eigenvalue weighted by molar-refractivity contribution is -0.117. The third-order valence-electron chi connectivity index (χ3n) is 3.40. The molecule has 0 spiro atoms. The monoisotopic (exact) mass is 325 g/mol. The van der Waals surface area contributed by atoms with Gasteiger partial charge in [0.05, 0.1) is 11.3 Å². The largest absolute Gasteiger partial charge is 0.325 e. The molecule has 0 heterocycles. The van der Waals surface area contributed by atoms with E-state index in [1.54, 1.807) is 24.3 Å². The summed E-state index contributed by atoms with van der Waals surface area (Å²) in [5.41, 5.74) is 1.32. The average molecular weight is 325 g/mol. The molecule has 0 atom stereocenters. The number of para-hydroxylation sites is 1. The van der Waals surface area contributed by atoms with Gasteiger partial charge < -0.3 is 10.2 Å². The van der Waals surface area contributed by atoms with E-state index in [0.29, 0.717) is 16.9 Å². The molecule has 0 bridgehead atoms. The van der Waals surface area contributed by atoms with Gasteiger partial charge in [0.2, 0.25) is 11.8 Å². The minimum atomic E-state index is -0.395. The Hall–Kier alpha value is -3.20. The van der Waals surface area contributed by atoms with Gasteiger partial charge in [-0.1, -0.05) is 12.1 Å². The molecule has 2 amide bonds. The van der Waals surface area contributed by atoms with Crippen molar-refractivity contribution in [3.8, 4) is 6.07 Å². The molecule has 0 aliphatic carbocycles. The Kier molecular flexibility index (Phi) is 5.63. The quantitative estimate of drug-likeness (QED) is 0.918. The molecule has 0 saturated heterocycles. The molecule has 1 N–H and O–H groups in total. The minimum absolute atomic E-state index is 0.0523. The maximum Gasteiger partial charge on any atom is 0.226 e. The van der Waals surface area contributed by atoms with Crippen LogP contribution in [-0.4, -0.2) is 18.4 Å². The number of benzene rings is 2. The zero-order chi connectivity index (χ0) is 17.5. The molecule has 2 rings (SSSR count). The van der Waals surface area contributed by atoms with E-state index < -0.39 is 5.82 Å². The van der Waals surface area contributed by atoms with Crippen LogP contribution in [-0.2, 0) is 9.59 Å². The number of hydrogen-bond donors (Lipinski definition) is 1. The number of nitrogens with zero attached hydrogens (tertiary/aromatic N) is 2. The summed E-state index contributed by atoms with van der Waals surface area (Å²) in [6, 6.07) is 14.2. The third-order valence-corrected chi connectivity index (χ3v) is 3.40. The number of nitrogens with one attached hydrogen (secondary N) is 1. The average Bonchev–Trinajstić information content (AvgIpc) is 2.57. The first-order valence-corrected chi connectivity index (χ1v) is 7.34. The Morgan fingerprint density at radius 3 is 2.46 bits per heavy atom. The van der Waals surface area contributed by atoms with Gasteiger partial charge in [0.1, 0.15) is 11.9 Å². The van der Waals surface area contributed by atoms with Crippen LogP contribution in [0.25, 0.3) is 0 Å². The van der Waals surface area contributed by atoms with Gasteiger partial charge in [0.15, 0.2) is 0 Å². The Labute approximate surface area is 139 Å². The highest BCUT2D eigenvalue weighted by Gasteiger charge is 2.14. The summed E-state index contributed by atoms with van der Waals surface area (Å²) < 4.78 is 13.0. The van der Waals surface area contributed by atoms with E-state index in [4.69, 9.17) is 5.26 Å². The van der Waals surface area contributed by atoms with E-state index in [1.807, 2.05) is 6.07 Å². The number of rotatable bonds is 5. The molecular weight excluding hydrogens is 309 g/mol. The number of amides is 2. The van der Waals surface area contributed by atoms with Gasteiger partial charge in [-0.05, 0) is 36.4 Å². The molecule has 0 radical (unpaired) electrons. The third kappa shape index (κ3) is 4.40. The molecule has 122 valence electrons. The molecule has 2 aromatic carbocycles. The highest BCUT2D eigenvalue weighted by atomic mass is 19.1. The summed E-state index contributed by atoms with van der Waals surface area (Å²) in [4.78, 5) is 25.2. The molecule has 0 aromatic heterocycles. The summed E-state index contributed by atoms with van der Waals surface area (Å²) in [7, 11) is 0. The van der Waals surface area contributed by atoms with E-state index in [-0.39, 0.29) is 24.8 Å². The molecular formula is C18H16FN3O2. The van der Waals surface area contributed by atoms with Crippen molar-refractivity contribution in [2.24, 2.45) is 0 Å². The number of anilines is 2. The van der Waals surface area contributed by atoms with Crippen molar-refractivity contribution in [3.63, 3.8) is 0 Å². The Morgan fingerprint density at radius 1 is 1.17 bits per heavy atom. The molecule has 2 aromatic rings. The second-order valence-electron chi connectivity index (χ2n) is 5.10. The van der Waals surface area contributed by atoms with Crippen LogP contribution in [0.1, 0.15) is 18.9 Å². The predicted octanol–water partition coefficient (Wildman–Crippen LogP) is 3.08. The van der Waals surface area contributed by atoms with Crippen LogP contribution in [0.4, 0.5) is 15.8 Å². The Morgan fingerprint density at radius 2 is 1.83 bits per heavy atom. The maximum atomic E-state index is 13.0. The number of nitriles is 1. The number of hydrogen-bond acceptors (Lipinski definition) is 3. The van der Waals surface area contributed by atoms with Crippen LogP contribution in [0.2, 0.25) is 0 Å². The standard InChI is InChI=1S/C18H16FN3O2/c1-13(23)22(16-8-6-15(19)7-9-16)11-10-18(24)21-17-5-3-2-4-14(17)12-20/h2-9H,10-11H2,1H3,(H,21,24). The van der Waals surface area contributed by atoms with Crippen LogP contribution in [0.5, 0.6) is 0 Å². The lowest BCUT2D eigenvalue weighted by Gasteiger charge is -2.21. The van der Waals surface area contributed by atoms with Crippen LogP contribution in [0, 0.1) is 17.1 Å². The molecule has 0 unspecified atom stereocenters. The van der Waals surface area contributed by atoms with E-state index >= 15 is 0 Å². The Balaban J connectivity index is 2.02. The molecule has 24 heavy (non-hydrogen) atoms. The van der Waals surface area contributed by atoms with Crippen LogP contribution < -0.4 is 10.2 Å². The molecule has 0 aliphatic rings. The number of carbonyl (C=O) groups is 2. The zero-order valence-electron chi connectivity index (χ0n) is 13.1. The van der Waals surface area contributed by atoms with Gasteiger partial charge in [0, 0.05) is 25.6 Å². The van der Waals surface area contributed by atoms with Crippen molar-refractivity contribution in [2.45, 2.75) is 13.3 Å². The number of carbonyl (C=O) groups excluding carboxylic acids is 2. The highest BCUT2D eigenvalue weighted by molar-refractivity contribution is 5.95. The molecule has 0 saturated carbocycles. The Bertz CT molecular complexity index is 782. The lowest BCUT2D eigenvalue weighted by Crippen LogP contribution is -2.32. The van der Waals surface area contributed by atoms with Crippen molar-refractivity contribution >= 4 is 23.2 Å². The van der Waals surface area contributed by atoms with Crippen molar-refractivity contribution in [1.29, 1.82) is 5.26 Å². The normalized spacial score (nSPS) is 9.88. The first-order valence-electron chi connectivity index (χ1n) is 7.34.